The second-order valence-corrected chi connectivity index (χ2v) is 5.10. The predicted molar refractivity (Wildman–Crippen MR) is 77.6 cm³/mol. The molecule has 0 spiro atoms. The van der Waals surface area contributed by atoms with Crippen molar-refractivity contribution < 1.29 is 9.59 Å². The summed E-state index contributed by atoms with van der Waals surface area (Å²) in [6, 6.07) is 6.82. The number of carbonyl (C=O) groups excluding carboxylic acids is 2. The second-order valence-electron chi connectivity index (χ2n) is 4.69. The fraction of sp³-hybridized carbons (Fsp3) is 0.429. The van der Waals surface area contributed by atoms with Gasteiger partial charge in [0.05, 0.1) is 6.42 Å². The first-order valence-electron chi connectivity index (χ1n) is 6.58. The molecule has 1 aliphatic heterocycles. The minimum atomic E-state index is -0.455. The van der Waals surface area contributed by atoms with E-state index in [-0.39, 0.29) is 18.2 Å². The van der Waals surface area contributed by atoms with Gasteiger partial charge in [-0.25, -0.2) is 0 Å². The van der Waals surface area contributed by atoms with Gasteiger partial charge in [0.15, 0.2) is 0 Å². The third-order valence-electron chi connectivity index (χ3n) is 3.41. The van der Waals surface area contributed by atoms with Gasteiger partial charge in [0, 0.05) is 31.7 Å². The summed E-state index contributed by atoms with van der Waals surface area (Å²) in [5.74, 6) is -0.224. The first-order valence-corrected chi connectivity index (χ1v) is 6.96. The van der Waals surface area contributed by atoms with Crippen LogP contribution in [0.25, 0.3) is 0 Å². The van der Waals surface area contributed by atoms with E-state index < -0.39 is 6.04 Å². The molecule has 0 bridgehead atoms. The van der Waals surface area contributed by atoms with Crippen LogP contribution in [-0.4, -0.2) is 49.4 Å². The van der Waals surface area contributed by atoms with E-state index in [1.807, 2.05) is 18.2 Å². The smallest absolute Gasteiger partial charge is 0.243 e. The average molecular weight is 296 g/mol. The van der Waals surface area contributed by atoms with Crippen LogP contribution < -0.4 is 10.6 Å². The van der Waals surface area contributed by atoms with Crippen molar-refractivity contribution >= 4 is 23.4 Å². The largest absolute Gasteiger partial charge is 0.357 e. The minimum absolute atomic E-state index is 0.0757. The fourth-order valence-electron chi connectivity index (χ4n) is 2.31. The molecule has 108 valence electrons. The molecule has 20 heavy (non-hydrogen) atoms. The predicted octanol–water partition coefficient (Wildman–Crippen LogP) is 0.429. The molecule has 0 aromatic heterocycles. The molecule has 1 aliphatic rings. The molecule has 1 aromatic carbocycles. The highest BCUT2D eigenvalue weighted by Gasteiger charge is 2.31. The van der Waals surface area contributed by atoms with Crippen molar-refractivity contribution in [1.82, 2.24) is 15.5 Å². The van der Waals surface area contributed by atoms with Crippen molar-refractivity contribution in [2.75, 3.05) is 26.7 Å². The maximum atomic E-state index is 12.4. The summed E-state index contributed by atoms with van der Waals surface area (Å²) in [7, 11) is 1.58. The Kier molecular flexibility index (Phi) is 4.98. The zero-order chi connectivity index (χ0) is 14.5. The van der Waals surface area contributed by atoms with Gasteiger partial charge in [-0.05, 0) is 11.6 Å². The van der Waals surface area contributed by atoms with Crippen LogP contribution in [0.5, 0.6) is 0 Å². The summed E-state index contributed by atoms with van der Waals surface area (Å²) in [4.78, 5) is 25.9. The van der Waals surface area contributed by atoms with Gasteiger partial charge in [0.2, 0.25) is 11.8 Å². The number of rotatable bonds is 3. The van der Waals surface area contributed by atoms with Gasteiger partial charge in [-0.15, -0.1) is 0 Å². The monoisotopic (exact) mass is 295 g/mol. The van der Waals surface area contributed by atoms with E-state index in [2.05, 4.69) is 10.6 Å². The summed E-state index contributed by atoms with van der Waals surface area (Å²) in [6.07, 6.45) is 0.215. The molecule has 1 atom stereocenters. The average Bonchev–Trinajstić information content (AvgIpc) is 2.48. The lowest BCUT2D eigenvalue weighted by atomic mass is 10.1. The molecule has 2 rings (SSSR count). The van der Waals surface area contributed by atoms with Crippen LogP contribution in [0, 0.1) is 0 Å². The van der Waals surface area contributed by atoms with Crippen LogP contribution in [0.15, 0.2) is 24.3 Å². The van der Waals surface area contributed by atoms with E-state index in [1.165, 1.54) is 0 Å². The van der Waals surface area contributed by atoms with Crippen molar-refractivity contribution in [1.29, 1.82) is 0 Å². The summed E-state index contributed by atoms with van der Waals surface area (Å²) in [5.41, 5.74) is 0.786. The molecule has 2 amide bonds. The van der Waals surface area contributed by atoms with E-state index >= 15 is 0 Å². The van der Waals surface area contributed by atoms with E-state index in [9.17, 15) is 9.59 Å². The fourth-order valence-corrected chi connectivity index (χ4v) is 2.51. The highest BCUT2D eigenvalue weighted by Crippen LogP contribution is 2.17. The van der Waals surface area contributed by atoms with E-state index in [4.69, 9.17) is 11.6 Å². The molecule has 1 heterocycles. The Morgan fingerprint density at radius 1 is 1.45 bits per heavy atom. The maximum absolute atomic E-state index is 12.4. The lowest BCUT2D eigenvalue weighted by Crippen LogP contribution is -2.59. The zero-order valence-electron chi connectivity index (χ0n) is 11.4. The van der Waals surface area contributed by atoms with Crippen molar-refractivity contribution in [2.45, 2.75) is 12.5 Å². The molecule has 6 heteroatoms. The first-order chi connectivity index (χ1) is 9.63. The molecule has 0 aliphatic carbocycles. The lowest BCUT2D eigenvalue weighted by molar-refractivity contribution is -0.140. The third kappa shape index (κ3) is 3.29. The Labute approximate surface area is 123 Å². The standard InChI is InChI=1S/C14H18ClN3O2/c1-16-14(20)12-9-17-6-7-18(12)13(19)8-10-4-2-3-5-11(10)15/h2-5,12,17H,6-9H2,1H3,(H,16,20). The van der Waals surface area contributed by atoms with E-state index in [0.717, 1.165) is 5.56 Å². The van der Waals surface area contributed by atoms with Gasteiger partial charge < -0.3 is 15.5 Å². The summed E-state index contributed by atoms with van der Waals surface area (Å²) in [5, 5.41) is 6.30. The number of nitrogens with zero attached hydrogens (tertiary/aromatic N) is 1. The molecule has 1 aromatic rings. The molecular formula is C14H18ClN3O2. The molecule has 0 radical (unpaired) electrons. The molecule has 1 saturated heterocycles. The Morgan fingerprint density at radius 2 is 2.20 bits per heavy atom. The Bertz CT molecular complexity index is 507. The number of carbonyl (C=O) groups is 2. The summed E-state index contributed by atoms with van der Waals surface area (Å²) >= 11 is 6.07. The van der Waals surface area contributed by atoms with E-state index in [1.54, 1.807) is 18.0 Å². The molecule has 0 saturated carbocycles. The molecule has 5 nitrogen and oxygen atoms in total. The Balaban J connectivity index is 2.10. The van der Waals surface area contributed by atoms with Crippen LogP contribution in [0.1, 0.15) is 5.56 Å². The number of likely N-dealkylation sites (N-methyl/N-ethyl adjacent to an activating group) is 1. The van der Waals surface area contributed by atoms with Crippen molar-refractivity contribution in [3.05, 3.63) is 34.9 Å². The van der Waals surface area contributed by atoms with Crippen LogP contribution in [0.2, 0.25) is 5.02 Å². The zero-order valence-corrected chi connectivity index (χ0v) is 12.1. The topological polar surface area (TPSA) is 61.4 Å². The van der Waals surface area contributed by atoms with Gasteiger partial charge in [0.1, 0.15) is 6.04 Å². The number of hydrogen-bond acceptors (Lipinski definition) is 3. The van der Waals surface area contributed by atoms with Gasteiger partial charge in [-0.3, -0.25) is 9.59 Å². The summed E-state index contributed by atoms with van der Waals surface area (Å²) < 4.78 is 0. The van der Waals surface area contributed by atoms with Crippen molar-refractivity contribution in [3.63, 3.8) is 0 Å². The second kappa shape index (κ2) is 6.72. The molecular weight excluding hydrogens is 278 g/mol. The number of benzene rings is 1. The SMILES string of the molecule is CNC(=O)C1CNCCN1C(=O)Cc1ccccc1Cl. The highest BCUT2D eigenvalue weighted by atomic mass is 35.5. The Morgan fingerprint density at radius 3 is 2.90 bits per heavy atom. The van der Waals surface area contributed by atoms with Crippen LogP contribution in [0.4, 0.5) is 0 Å². The lowest BCUT2D eigenvalue weighted by Gasteiger charge is -2.35. The quantitative estimate of drug-likeness (QED) is 0.850. The van der Waals surface area contributed by atoms with Crippen LogP contribution >= 0.6 is 11.6 Å². The van der Waals surface area contributed by atoms with Crippen molar-refractivity contribution in [3.8, 4) is 0 Å². The van der Waals surface area contributed by atoms with Gasteiger partial charge >= 0.3 is 0 Å². The first kappa shape index (κ1) is 14.8. The summed E-state index contributed by atoms with van der Waals surface area (Å²) in [6.45, 7) is 1.71. The number of piperazine rings is 1. The van der Waals surface area contributed by atoms with Gasteiger partial charge in [-0.1, -0.05) is 29.8 Å². The number of halogens is 1. The van der Waals surface area contributed by atoms with Gasteiger partial charge in [-0.2, -0.15) is 0 Å². The van der Waals surface area contributed by atoms with Crippen LogP contribution in [-0.2, 0) is 16.0 Å². The third-order valence-corrected chi connectivity index (χ3v) is 3.78. The Hall–Kier alpha value is -1.59. The molecule has 1 unspecified atom stereocenters. The van der Waals surface area contributed by atoms with E-state index in [0.29, 0.717) is 24.7 Å². The molecule has 1 fully saturated rings. The minimum Gasteiger partial charge on any atom is -0.357 e. The van der Waals surface area contributed by atoms with Crippen LogP contribution in [0.3, 0.4) is 0 Å². The highest BCUT2D eigenvalue weighted by molar-refractivity contribution is 6.31. The maximum Gasteiger partial charge on any atom is 0.243 e. The number of nitrogens with one attached hydrogen (secondary N) is 2. The number of amides is 2. The number of hydrogen-bond donors (Lipinski definition) is 2. The van der Waals surface area contributed by atoms with Gasteiger partial charge in [0.25, 0.3) is 0 Å². The van der Waals surface area contributed by atoms with Crippen molar-refractivity contribution in [2.24, 2.45) is 0 Å². The normalized spacial score (nSPS) is 18.7. The molecule has 2 N–H and O–H groups in total.